The zero-order valence-electron chi connectivity index (χ0n) is 6.12. The van der Waals surface area contributed by atoms with E-state index in [2.05, 4.69) is 10.6 Å². The van der Waals surface area contributed by atoms with E-state index in [0.717, 1.165) is 13.0 Å². The predicted molar refractivity (Wildman–Crippen MR) is 51.9 cm³/mol. The van der Waals surface area contributed by atoms with Crippen LogP contribution in [-0.2, 0) is 4.79 Å². The molecule has 66 valence electrons. The fourth-order valence-electron chi connectivity index (χ4n) is 1.12. The van der Waals surface area contributed by atoms with Crippen molar-refractivity contribution < 1.29 is 9.90 Å². The van der Waals surface area contributed by atoms with Crippen molar-refractivity contribution in [3.05, 3.63) is 0 Å². The molecule has 0 unspecified atom stereocenters. The topological polar surface area (TPSA) is 61.4 Å². The Bertz CT molecular complexity index is 123. The number of rotatable bonds is 2. The van der Waals surface area contributed by atoms with Gasteiger partial charge in [-0.3, -0.25) is 4.79 Å². The summed E-state index contributed by atoms with van der Waals surface area (Å²) in [6.07, 6.45) is 1.01. The number of amides is 1. The first-order valence-corrected chi connectivity index (χ1v) is 3.43. The lowest BCUT2D eigenvalue weighted by molar-refractivity contribution is -0.111. The Labute approximate surface area is 82.8 Å². The van der Waals surface area contributed by atoms with Crippen LogP contribution in [0.5, 0.6) is 0 Å². The van der Waals surface area contributed by atoms with Crippen LogP contribution >= 0.6 is 24.0 Å². The molecule has 3 N–H and O–H groups in total. The number of nitrogens with one attached hydrogen (secondary N) is 2. The van der Waals surface area contributed by atoms with Crippen LogP contribution in [-0.4, -0.2) is 36.8 Å². The van der Waals surface area contributed by atoms with Gasteiger partial charge in [0, 0.05) is 6.54 Å². The minimum absolute atomic E-state index is 0. The van der Waals surface area contributed by atoms with Crippen molar-refractivity contribution in [3.63, 3.8) is 0 Å². The molecule has 0 radical (unpaired) electrons. The highest BCUT2D eigenvalue weighted by Crippen LogP contribution is 2.01. The minimum atomic E-state index is -0.432. The van der Waals surface area contributed by atoms with Crippen LogP contribution < -0.4 is 10.6 Å². The summed E-state index contributed by atoms with van der Waals surface area (Å²) in [6.45, 7) is 1.44. The molecule has 5 heteroatoms. The maximum absolute atomic E-state index is 9.98. The summed E-state index contributed by atoms with van der Waals surface area (Å²) in [6, 6.07) is -0.0567. The van der Waals surface area contributed by atoms with E-state index < -0.39 is 6.10 Å². The number of β-amino-alcohol motifs (C(OH)–C–C–N with tert-alkyl or cyclic N) is 1. The number of aliphatic hydroxyl groups excluding tert-OH is 1. The van der Waals surface area contributed by atoms with Gasteiger partial charge in [-0.1, -0.05) is 0 Å². The molecule has 0 aliphatic carbocycles. The van der Waals surface area contributed by atoms with Crippen LogP contribution in [0.15, 0.2) is 0 Å². The standard InChI is InChI=1S/C6H12N2O2.HI/c9-4-8-5-1-2-7-3-6(5)10;/h4-7,10H,1-3H2,(H,8,9);1H/t5-,6-;/m0./s1. The summed E-state index contributed by atoms with van der Waals surface area (Å²) in [5.74, 6) is 0. The molecule has 1 fully saturated rings. The summed E-state index contributed by atoms with van der Waals surface area (Å²) in [7, 11) is 0. The summed E-state index contributed by atoms with van der Waals surface area (Å²) in [5, 5.41) is 14.8. The van der Waals surface area contributed by atoms with E-state index in [1.807, 2.05) is 0 Å². The first-order valence-electron chi connectivity index (χ1n) is 3.43. The second-order valence-corrected chi connectivity index (χ2v) is 2.45. The molecule has 0 saturated carbocycles. The first kappa shape index (κ1) is 11.1. The second kappa shape index (κ2) is 5.73. The van der Waals surface area contributed by atoms with E-state index in [1.165, 1.54) is 0 Å². The van der Waals surface area contributed by atoms with Crippen LogP contribution in [0.1, 0.15) is 6.42 Å². The molecule has 2 atom stereocenters. The van der Waals surface area contributed by atoms with Crippen molar-refractivity contribution in [1.82, 2.24) is 10.6 Å². The van der Waals surface area contributed by atoms with E-state index in [4.69, 9.17) is 0 Å². The zero-order valence-corrected chi connectivity index (χ0v) is 8.45. The minimum Gasteiger partial charge on any atom is -0.390 e. The van der Waals surface area contributed by atoms with E-state index in [9.17, 15) is 9.90 Å². The molecular weight excluding hydrogens is 259 g/mol. The third kappa shape index (κ3) is 3.35. The van der Waals surface area contributed by atoms with Gasteiger partial charge in [-0.15, -0.1) is 24.0 Å². The molecule has 1 rings (SSSR count). The molecule has 0 aromatic heterocycles. The summed E-state index contributed by atoms with van der Waals surface area (Å²) in [4.78, 5) is 9.98. The molecule has 1 aliphatic rings. The number of halogens is 1. The lowest BCUT2D eigenvalue weighted by atomic mass is 10.0. The molecule has 1 aliphatic heterocycles. The predicted octanol–water partition coefficient (Wildman–Crippen LogP) is -0.927. The van der Waals surface area contributed by atoms with Gasteiger partial charge in [0.2, 0.25) is 6.41 Å². The smallest absolute Gasteiger partial charge is 0.207 e. The van der Waals surface area contributed by atoms with Crippen molar-refractivity contribution >= 4 is 30.4 Å². The molecule has 1 saturated heterocycles. The number of carbonyl (C=O) groups is 1. The van der Waals surface area contributed by atoms with Gasteiger partial charge in [0.1, 0.15) is 0 Å². The van der Waals surface area contributed by atoms with Gasteiger partial charge in [0.05, 0.1) is 12.1 Å². The molecule has 1 amide bonds. The monoisotopic (exact) mass is 272 g/mol. The summed E-state index contributed by atoms with van der Waals surface area (Å²) >= 11 is 0. The van der Waals surface area contributed by atoms with Gasteiger partial charge in [0.15, 0.2) is 0 Å². The fourth-order valence-corrected chi connectivity index (χ4v) is 1.12. The molecule has 0 aromatic carbocycles. The molecule has 1 heterocycles. The van der Waals surface area contributed by atoms with E-state index >= 15 is 0 Å². The van der Waals surface area contributed by atoms with E-state index in [-0.39, 0.29) is 30.0 Å². The zero-order chi connectivity index (χ0) is 7.40. The van der Waals surface area contributed by atoms with Gasteiger partial charge in [0.25, 0.3) is 0 Å². The normalized spacial score (nSPS) is 30.3. The van der Waals surface area contributed by atoms with Crippen molar-refractivity contribution in [2.75, 3.05) is 13.1 Å². The molecular formula is C6H13IN2O2. The van der Waals surface area contributed by atoms with Crippen molar-refractivity contribution in [2.24, 2.45) is 0 Å². The van der Waals surface area contributed by atoms with Gasteiger partial charge < -0.3 is 15.7 Å². The third-order valence-electron chi connectivity index (χ3n) is 1.73. The molecule has 0 aromatic rings. The van der Waals surface area contributed by atoms with E-state index in [1.54, 1.807) is 0 Å². The van der Waals surface area contributed by atoms with Crippen LogP contribution in [0.4, 0.5) is 0 Å². The number of aliphatic hydroxyl groups is 1. The van der Waals surface area contributed by atoms with Gasteiger partial charge in [-0.25, -0.2) is 0 Å². The molecule has 4 nitrogen and oxygen atoms in total. The third-order valence-corrected chi connectivity index (χ3v) is 1.73. The molecule has 11 heavy (non-hydrogen) atoms. The molecule has 0 bridgehead atoms. The average molecular weight is 272 g/mol. The maximum atomic E-state index is 9.98. The lowest BCUT2D eigenvalue weighted by Gasteiger charge is -2.27. The van der Waals surface area contributed by atoms with Crippen LogP contribution in [0.3, 0.4) is 0 Å². The second-order valence-electron chi connectivity index (χ2n) is 2.45. The Morgan fingerprint density at radius 3 is 2.91 bits per heavy atom. The first-order chi connectivity index (χ1) is 4.84. The van der Waals surface area contributed by atoms with Gasteiger partial charge in [-0.05, 0) is 13.0 Å². The van der Waals surface area contributed by atoms with Crippen LogP contribution in [0, 0.1) is 0 Å². The van der Waals surface area contributed by atoms with Crippen molar-refractivity contribution in [1.29, 1.82) is 0 Å². The number of piperidine rings is 1. The highest BCUT2D eigenvalue weighted by Gasteiger charge is 2.21. The number of hydrogen-bond donors (Lipinski definition) is 3. The van der Waals surface area contributed by atoms with Crippen molar-refractivity contribution in [3.8, 4) is 0 Å². The highest BCUT2D eigenvalue weighted by molar-refractivity contribution is 14.0. The SMILES string of the molecule is I.O=CN[C@H]1CCNC[C@@H]1O. The highest BCUT2D eigenvalue weighted by atomic mass is 127. The Balaban J connectivity index is 0.000001000. The van der Waals surface area contributed by atoms with Crippen LogP contribution in [0.25, 0.3) is 0 Å². The number of hydrogen-bond acceptors (Lipinski definition) is 3. The average Bonchev–Trinajstić information content (AvgIpc) is 1.94. The quantitative estimate of drug-likeness (QED) is 0.450. The van der Waals surface area contributed by atoms with Crippen molar-refractivity contribution in [2.45, 2.75) is 18.6 Å². The van der Waals surface area contributed by atoms with Gasteiger partial charge >= 0.3 is 0 Å². The van der Waals surface area contributed by atoms with Gasteiger partial charge in [-0.2, -0.15) is 0 Å². The number of carbonyl (C=O) groups excluding carboxylic acids is 1. The fraction of sp³-hybridized carbons (Fsp3) is 0.833. The Morgan fingerprint density at radius 2 is 2.36 bits per heavy atom. The summed E-state index contributed by atoms with van der Waals surface area (Å²) < 4.78 is 0. The Morgan fingerprint density at radius 1 is 1.64 bits per heavy atom. The lowest BCUT2D eigenvalue weighted by Crippen LogP contribution is -2.50. The van der Waals surface area contributed by atoms with E-state index in [0.29, 0.717) is 13.0 Å². The molecule has 0 spiro atoms. The Hall–Kier alpha value is 0.120. The maximum Gasteiger partial charge on any atom is 0.207 e. The Kier molecular flexibility index (Phi) is 5.79. The largest absolute Gasteiger partial charge is 0.390 e. The van der Waals surface area contributed by atoms with Crippen LogP contribution in [0.2, 0.25) is 0 Å². The summed E-state index contributed by atoms with van der Waals surface area (Å²) in [5.41, 5.74) is 0.